The van der Waals surface area contributed by atoms with Gasteiger partial charge in [0.2, 0.25) is 5.28 Å². The second kappa shape index (κ2) is 9.30. The van der Waals surface area contributed by atoms with Crippen LogP contribution in [0.3, 0.4) is 0 Å². The van der Waals surface area contributed by atoms with E-state index in [1.807, 2.05) is 0 Å². The molecule has 1 aliphatic rings. The highest BCUT2D eigenvalue weighted by molar-refractivity contribution is 7.53. The van der Waals surface area contributed by atoms with Gasteiger partial charge in [0.25, 0.3) is 5.85 Å². The van der Waals surface area contributed by atoms with E-state index in [2.05, 4.69) is 25.0 Å². The number of hydrogen-bond acceptors (Lipinski definition) is 11. The van der Waals surface area contributed by atoms with Crippen molar-refractivity contribution in [3.05, 3.63) is 11.6 Å². The van der Waals surface area contributed by atoms with Gasteiger partial charge in [0.1, 0.15) is 18.3 Å². The van der Waals surface area contributed by atoms with Crippen LogP contribution in [0.25, 0.3) is 11.2 Å². The number of fused-ring (bicyclic) bond motifs is 1. The van der Waals surface area contributed by atoms with E-state index in [1.165, 1.54) is 17.8 Å². The summed E-state index contributed by atoms with van der Waals surface area (Å²) in [5, 5.41) is 23.5. The molecule has 3 rings (SSSR count). The van der Waals surface area contributed by atoms with Gasteiger partial charge in [-0.15, -0.1) is 0 Å². The number of ether oxygens (including phenoxy) is 3. The first-order chi connectivity index (χ1) is 14.6. The summed E-state index contributed by atoms with van der Waals surface area (Å²) in [7, 11) is -3.41. The normalized spacial score (nSPS) is 25.0. The van der Waals surface area contributed by atoms with Crippen LogP contribution in [0, 0.1) is 0 Å². The quantitative estimate of drug-likeness (QED) is 0.179. The fourth-order valence-electron chi connectivity index (χ4n) is 3.05. The second-order valence-electron chi connectivity index (χ2n) is 6.49. The summed E-state index contributed by atoms with van der Waals surface area (Å²) in [6.07, 6.45) is -4.10. The molecule has 0 aliphatic carbocycles. The van der Waals surface area contributed by atoms with Gasteiger partial charge in [-0.1, -0.05) is 0 Å². The van der Waals surface area contributed by atoms with Crippen molar-refractivity contribution >= 4 is 42.1 Å². The monoisotopic (exact) mass is 481 g/mol. The lowest BCUT2D eigenvalue weighted by Crippen LogP contribution is -2.36. The molecule has 2 aromatic heterocycles. The zero-order valence-corrected chi connectivity index (χ0v) is 18.0. The van der Waals surface area contributed by atoms with Crippen LogP contribution in [0.4, 0.5) is 5.82 Å². The molecule has 1 fully saturated rings. The van der Waals surface area contributed by atoms with Crippen LogP contribution in [0.2, 0.25) is 5.28 Å². The predicted octanol–water partition coefficient (Wildman–Crippen LogP) is -0.776. The highest BCUT2D eigenvalue weighted by atomic mass is 35.5. The van der Waals surface area contributed by atoms with Gasteiger partial charge >= 0.3 is 13.6 Å². The first kappa shape index (κ1) is 23.8. The topological polar surface area (TPSA) is 198 Å². The molecule has 1 saturated heterocycles. The van der Waals surface area contributed by atoms with Gasteiger partial charge in [0.15, 0.2) is 23.2 Å². The first-order valence-electron chi connectivity index (χ1n) is 9.01. The number of anilines is 1. The largest absolute Gasteiger partial charge is 0.464 e. The maximum absolute atomic E-state index is 11.8. The third-order valence-corrected chi connectivity index (χ3v) is 5.59. The standard InChI is InChI=1S/C15H21ClN5O9P/c1-3-28-13(24)14(31(25,26)27)29-4-6-8(22)9(23)12(30-6)21-5-18-7-10(17-2)19-15(16)20-11(7)21/h5-6,8-9,12,14,22-23H,3-4H2,1-2H3,(H,17,19,20)(H2,25,26,27)/t6-,8-,9-,12-,14?/m1/s1. The summed E-state index contributed by atoms with van der Waals surface area (Å²) in [6, 6.07) is 0. The van der Waals surface area contributed by atoms with Crippen molar-refractivity contribution in [2.45, 2.75) is 37.3 Å². The van der Waals surface area contributed by atoms with E-state index in [0.29, 0.717) is 11.3 Å². The Morgan fingerprint density at radius 3 is 2.71 bits per heavy atom. The molecule has 31 heavy (non-hydrogen) atoms. The van der Waals surface area contributed by atoms with E-state index < -0.39 is 50.6 Å². The average Bonchev–Trinajstić information content (AvgIpc) is 3.22. The first-order valence-corrected chi connectivity index (χ1v) is 11.1. The number of aliphatic hydroxyl groups excluding tert-OH is 2. The van der Waals surface area contributed by atoms with Crippen LogP contribution >= 0.6 is 19.2 Å². The second-order valence-corrected chi connectivity index (χ2v) is 8.47. The molecule has 0 spiro atoms. The predicted molar refractivity (Wildman–Crippen MR) is 104 cm³/mol. The molecule has 3 heterocycles. The Bertz CT molecular complexity index is 1000. The molecule has 172 valence electrons. The molecule has 1 aliphatic heterocycles. The zero-order valence-electron chi connectivity index (χ0n) is 16.3. The summed E-state index contributed by atoms with van der Waals surface area (Å²) in [5.74, 6) is -3.12. The number of carbonyl (C=O) groups is 1. The van der Waals surface area contributed by atoms with E-state index in [4.69, 9.17) is 21.1 Å². The van der Waals surface area contributed by atoms with Crippen LogP contribution in [0.15, 0.2) is 6.33 Å². The summed E-state index contributed by atoms with van der Waals surface area (Å²) >= 11 is 5.92. The number of nitrogens with zero attached hydrogens (tertiary/aromatic N) is 4. The van der Waals surface area contributed by atoms with Crippen LogP contribution in [0.5, 0.6) is 0 Å². The Balaban J connectivity index is 1.80. The molecule has 5 atom stereocenters. The summed E-state index contributed by atoms with van der Waals surface area (Å²) in [5.41, 5.74) is 0.544. The summed E-state index contributed by atoms with van der Waals surface area (Å²) in [4.78, 5) is 42.7. The van der Waals surface area contributed by atoms with Crippen LogP contribution in [0.1, 0.15) is 13.2 Å². The van der Waals surface area contributed by atoms with Crippen molar-refractivity contribution in [3.63, 3.8) is 0 Å². The van der Waals surface area contributed by atoms with Gasteiger partial charge < -0.3 is 39.5 Å². The van der Waals surface area contributed by atoms with Gasteiger partial charge in [-0.2, -0.15) is 9.97 Å². The molecule has 1 unspecified atom stereocenters. The third-order valence-electron chi connectivity index (χ3n) is 4.45. The smallest absolute Gasteiger partial charge is 0.365 e. The van der Waals surface area contributed by atoms with Gasteiger partial charge in [-0.25, -0.2) is 9.78 Å². The summed E-state index contributed by atoms with van der Waals surface area (Å²) < 4.78 is 28.1. The van der Waals surface area contributed by atoms with Crippen molar-refractivity contribution in [2.24, 2.45) is 0 Å². The number of esters is 1. The Hall–Kier alpha value is -1.90. The number of halogens is 1. The molecule has 16 heteroatoms. The maximum atomic E-state index is 11.8. The highest BCUT2D eigenvalue weighted by Gasteiger charge is 2.46. The van der Waals surface area contributed by atoms with E-state index in [1.54, 1.807) is 7.05 Å². The molecule has 0 radical (unpaired) electrons. The maximum Gasteiger partial charge on any atom is 0.365 e. The molecule has 14 nitrogen and oxygen atoms in total. The number of aromatic nitrogens is 4. The van der Waals surface area contributed by atoms with Crippen molar-refractivity contribution in [1.29, 1.82) is 0 Å². The molecule has 0 amide bonds. The fraction of sp³-hybridized carbons (Fsp3) is 0.600. The summed E-state index contributed by atoms with van der Waals surface area (Å²) in [6.45, 7) is 0.729. The van der Waals surface area contributed by atoms with Crippen LogP contribution in [-0.2, 0) is 23.6 Å². The Kier molecular flexibility index (Phi) is 7.13. The molecule has 5 N–H and O–H groups in total. The number of imidazole rings is 1. The molecule has 0 aromatic carbocycles. The highest BCUT2D eigenvalue weighted by Crippen LogP contribution is 2.43. The van der Waals surface area contributed by atoms with E-state index in [-0.39, 0.29) is 17.5 Å². The number of hydrogen-bond donors (Lipinski definition) is 5. The lowest BCUT2D eigenvalue weighted by atomic mass is 10.1. The number of rotatable bonds is 8. The van der Waals surface area contributed by atoms with E-state index in [0.717, 1.165) is 0 Å². The van der Waals surface area contributed by atoms with Crippen molar-refractivity contribution in [1.82, 2.24) is 19.5 Å². The lowest BCUT2D eigenvalue weighted by Gasteiger charge is -2.20. The fourth-order valence-corrected chi connectivity index (χ4v) is 3.84. The van der Waals surface area contributed by atoms with Crippen molar-refractivity contribution in [3.8, 4) is 0 Å². The number of carbonyl (C=O) groups excluding carboxylic acids is 1. The van der Waals surface area contributed by atoms with E-state index >= 15 is 0 Å². The molecular weight excluding hydrogens is 461 g/mol. The van der Waals surface area contributed by atoms with Gasteiger partial charge in [0, 0.05) is 7.05 Å². The van der Waals surface area contributed by atoms with Gasteiger partial charge in [-0.3, -0.25) is 9.13 Å². The average molecular weight is 482 g/mol. The Morgan fingerprint density at radius 2 is 2.10 bits per heavy atom. The van der Waals surface area contributed by atoms with Crippen LogP contribution < -0.4 is 5.32 Å². The van der Waals surface area contributed by atoms with Crippen molar-refractivity contribution < 1.29 is 43.6 Å². The number of aliphatic hydroxyl groups is 2. The minimum atomic E-state index is -5.01. The van der Waals surface area contributed by atoms with Gasteiger partial charge in [0.05, 0.1) is 19.5 Å². The van der Waals surface area contributed by atoms with Crippen molar-refractivity contribution in [2.75, 3.05) is 25.6 Å². The number of nitrogens with one attached hydrogen (secondary N) is 1. The van der Waals surface area contributed by atoms with Gasteiger partial charge in [-0.05, 0) is 18.5 Å². The SMILES string of the molecule is CCOC(=O)C(OC[C@H]1O[C@@H](n2cnc3c(NC)nc(Cl)nc32)[C@H](O)[C@@H]1O)P(=O)(O)O. The van der Waals surface area contributed by atoms with E-state index in [9.17, 15) is 29.4 Å². The molecular formula is C15H21ClN5O9P. The third kappa shape index (κ3) is 4.81. The minimum Gasteiger partial charge on any atom is -0.464 e. The van der Waals surface area contributed by atoms with Crippen LogP contribution in [-0.4, -0.2) is 89.9 Å². The molecule has 0 bridgehead atoms. The zero-order chi connectivity index (χ0) is 22.9. The molecule has 0 saturated carbocycles. The Morgan fingerprint density at radius 1 is 1.39 bits per heavy atom. The lowest BCUT2D eigenvalue weighted by molar-refractivity contribution is -0.155. The Labute approximate surface area is 180 Å². The minimum absolute atomic E-state index is 0.0922. The molecule has 2 aromatic rings.